The number of halogens is 1. The number of ether oxygens (including phenoxy) is 1. The zero-order valence-corrected chi connectivity index (χ0v) is 15.0. The molecule has 0 fully saturated rings. The van der Waals surface area contributed by atoms with E-state index in [-0.39, 0.29) is 11.3 Å². The van der Waals surface area contributed by atoms with E-state index >= 15 is 0 Å². The molecule has 0 spiro atoms. The first kappa shape index (κ1) is 19.3. The Labute approximate surface area is 155 Å². The first-order valence-electron chi connectivity index (χ1n) is 7.67. The average Bonchev–Trinajstić information content (AvgIpc) is 2.57. The van der Waals surface area contributed by atoms with Gasteiger partial charge in [-0.2, -0.15) is 0 Å². The van der Waals surface area contributed by atoms with Gasteiger partial charge in [0.15, 0.2) is 6.61 Å². The molecule has 8 heteroatoms. The van der Waals surface area contributed by atoms with Crippen molar-refractivity contribution in [2.24, 2.45) is 0 Å². The van der Waals surface area contributed by atoms with Crippen LogP contribution in [0.25, 0.3) is 0 Å². The van der Waals surface area contributed by atoms with Crippen molar-refractivity contribution in [1.29, 1.82) is 0 Å². The van der Waals surface area contributed by atoms with E-state index in [9.17, 15) is 14.4 Å². The molecule has 0 unspecified atom stereocenters. The van der Waals surface area contributed by atoms with Gasteiger partial charge in [-0.15, -0.1) is 0 Å². The van der Waals surface area contributed by atoms with Crippen LogP contribution in [0.1, 0.15) is 21.5 Å². The molecule has 0 aliphatic carbocycles. The van der Waals surface area contributed by atoms with Gasteiger partial charge in [0.1, 0.15) is 0 Å². The summed E-state index contributed by atoms with van der Waals surface area (Å²) in [5, 5.41) is 5.03. The van der Waals surface area contributed by atoms with E-state index in [0.717, 1.165) is 11.1 Å². The van der Waals surface area contributed by atoms with Crippen LogP contribution in [0, 0.1) is 13.8 Å². The summed E-state index contributed by atoms with van der Waals surface area (Å²) in [6, 6.07) is 8.97. The van der Waals surface area contributed by atoms with E-state index < -0.39 is 24.5 Å². The van der Waals surface area contributed by atoms with Gasteiger partial charge >= 0.3 is 12.0 Å². The highest BCUT2D eigenvalue weighted by Crippen LogP contribution is 2.19. The van der Waals surface area contributed by atoms with Gasteiger partial charge in [0.25, 0.3) is 5.91 Å². The molecule has 2 aromatic carbocycles. The van der Waals surface area contributed by atoms with Crippen LogP contribution >= 0.6 is 11.6 Å². The van der Waals surface area contributed by atoms with Crippen LogP contribution in [0.15, 0.2) is 36.4 Å². The van der Waals surface area contributed by atoms with Crippen LogP contribution in [0.4, 0.5) is 16.2 Å². The van der Waals surface area contributed by atoms with E-state index in [1.165, 1.54) is 18.2 Å². The molecule has 26 heavy (non-hydrogen) atoms. The molecule has 3 amide bonds. The predicted octanol–water partition coefficient (Wildman–Crippen LogP) is 3.04. The van der Waals surface area contributed by atoms with E-state index in [1.807, 2.05) is 19.9 Å². The minimum absolute atomic E-state index is 0.0852. The topological polar surface area (TPSA) is 111 Å². The summed E-state index contributed by atoms with van der Waals surface area (Å²) in [6.07, 6.45) is 0. The van der Waals surface area contributed by atoms with Gasteiger partial charge < -0.3 is 15.8 Å². The van der Waals surface area contributed by atoms with E-state index in [2.05, 4.69) is 10.6 Å². The van der Waals surface area contributed by atoms with Gasteiger partial charge in [0.2, 0.25) is 0 Å². The van der Waals surface area contributed by atoms with Gasteiger partial charge in [-0.1, -0.05) is 23.7 Å². The van der Waals surface area contributed by atoms with Crippen molar-refractivity contribution in [2.75, 3.05) is 17.7 Å². The second-order valence-corrected chi connectivity index (χ2v) is 5.99. The molecule has 4 N–H and O–H groups in total. The molecule has 0 aromatic heterocycles. The maximum absolute atomic E-state index is 11.9. The Balaban J connectivity index is 1.87. The summed E-state index contributed by atoms with van der Waals surface area (Å²) in [7, 11) is 0. The molecular weight excluding hydrogens is 358 g/mol. The third kappa shape index (κ3) is 4.97. The zero-order valence-electron chi connectivity index (χ0n) is 14.3. The van der Waals surface area contributed by atoms with Gasteiger partial charge in [-0.3, -0.25) is 10.1 Å². The maximum Gasteiger partial charge on any atom is 0.340 e. The highest BCUT2D eigenvalue weighted by atomic mass is 35.5. The first-order chi connectivity index (χ1) is 12.3. The van der Waals surface area contributed by atoms with Crippen LogP contribution in [-0.4, -0.2) is 24.5 Å². The number of rotatable bonds is 4. The molecule has 0 aliphatic heterocycles. The Morgan fingerprint density at radius 3 is 2.58 bits per heavy atom. The lowest BCUT2D eigenvalue weighted by Crippen LogP contribution is -2.37. The van der Waals surface area contributed by atoms with Crippen LogP contribution < -0.4 is 16.4 Å². The second-order valence-electron chi connectivity index (χ2n) is 5.56. The van der Waals surface area contributed by atoms with Crippen molar-refractivity contribution in [3.63, 3.8) is 0 Å². The van der Waals surface area contributed by atoms with E-state index in [0.29, 0.717) is 10.7 Å². The predicted molar refractivity (Wildman–Crippen MR) is 99.2 cm³/mol. The number of urea groups is 1. The Kier molecular flexibility index (Phi) is 6.19. The standard InChI is InChI=1S/C18H18ClN3O4/c1-10-4-3-5-15(11(10)2)21-18(25)22-16(23)9-26-17(24)13-7-6-12(19)8-14(13)20/h3-8H,9,20H2,1-2H3,(H2,21,22,23,25). The second kappa shape index (κ2) is 8.35. The normalized spacial score (nSPS) is 10.1. The van der Waals surface area contributed by atoms with Crippen molar-refractivity contribution in [3.05, 3.63) is 58.1 Å². The summed E-state index contributed by atoms with van der Waals surface area (Å²) >= 11 is 5.75. The monoisotopic (exact) mass is 375 g/mol. The molecule has 7 nitrogen and oxygen atoms in total. The fourth-order valence-corrected chi connectivity index (χ4v) is 2.31. The van der Waals surface area contributed by atoms with Crippen LogP contribution in [0.3, 0.4) is 0 Å². The fourth-order valence-electron chi connectivity index (χ4n) is 2.13. The van der Waals surface area contributed by atoms with Crippen LogP contribution in [0.2, 0.25) is 5.02 Å². The molecule has 2 rings (SSSR count). The number of carbonyl (C=O) groups is 3. The number of hydrogen-bond donors (Lipinski definition) is 3. The first-order valence-corrected chi connectivity index (χ1v) is 8.05. The number of hydrogen-bond acceptors (Lipinski definition) is 5. The third-order valence-corrected chi connectivity index (χ3v) is 3.91. The summed E-state index contributed by atoms with van der Waals surface area (Å²) in [5.41, 5.74) is 8.37. The number of aryl methyl sites for hydroxylation is 1. The highest BCUT2D eigenvalue weighted by molar-refractivity contribution is 6.31. The largest absolute Gasteiger partial charge is 0.452 e. The minimum Gasteiger partial charge on any atom is -0.452 e. The Morgan fingerprint density at radius 2 is 1.88 bits per heavy atom. The molecule has 0 bridgehead atoms. The lowest BCUT2D eigenvalue weighted by molar-refractivity contribution is -0.123. The van der Waals surface area contributed by atoms with Crippen molar-refractivity contribution in [2.45, 2.75) is 13.8 Å². The number of nitrogens with one attached hydrogen (secondary N) is 2. The number of amides is 3. The maximum atomic E-state index is 11.9. The Morgan fingerprint density at radius 1 is 1.15 bits per heavy atom. The average molecular weight is 376 g/mol. The molecule has 0 saturated carbocycles. The number of benzene rings is 2. The highest BCUT2D eigenvalue weighted by Gasteiger charge is 2.15. The van der Waals surface area contributed by atoms with E-state index in [1.54, 1.807) is 12.1 Å². The van der Waals surface area contributed by atoms with Crippen LogP contribution in [0.5, 0.6) is 0 Å². The van der Waals surface area contributed by atoms with Crippen molar-refractivity contribution in [1.82, 2.24) is 5.32 Å². The lowest BCUT2D eigenvalue weighted by atomic mass is 10.1. The van der Waals surface area contributed by atoms with Gasteiger partial charge in [-0.25, -0.2) is 9.59 Å². The summed E-state index contributed by atoms with van der Waals surface area (Å²) in [4.78, 5) is 35.6. The summed E-state index contributed by atoms with van der Waals surface area (Å²) in [5.74, 6) is -1.56. The Bertz CT molecular complexity index is 868. The van der Waals surface area contributed by atoms with Crippen molar-refractivity contribution < 1.29 is 19.1 Å². The third-order valence-electron chi connectivity index (χ3n) is 3.67. The van der Waals surface area contributed by atoms with Crippen LogP contribution in [-0.2, 0) is 9.53 Å². The molecule has 0 radical (unpaired) electrons. The molecule has 0 atom stereocenters. The number of nitrogen functional groups attached to an aromatic ring is 1. The molecule has 2 aromatic rings. The quantitative estimate of drug-likeness (QED) is 0.562. The number of esters is 1. The smallest absolute Gasteiger partial charge is 0.340 e. The molecule has 0 aliphatic rings. The van der Waals surface area contributed by atoms with E-state index in [4.69, 9.17) is 22.1 Å². The van der Waals surface area contributed by atoms with Gasteiger partial charge in [0, 0.05) is 16.4 Å². The molecule has 0 heterocycles. The molecule has 0 saturated heterocycles. The summed E-state index contributed by atoms with van der Waals surface area (Å²) in [6.45, 7) is 3.14. The fraction of sp³-hybridized carbons (Fsp3) is 0.167. The molecule has 136 valence electrons. The van der Waals surface area contributed by atoms with Gasteiger partial charge in [0.05, 0.1) is 5.56 Å². The number of anilines is 2. The number of nitrogens with two attached hydrogens (primary N) is 1. The van der Waals surface area contributed by atoms with Crippen molar-refractivity contribution in [3.8, 4) is 0 Å². The lowest BCUT2D eigenvalue weighted by Gasteiger charge is -2.11. The SMILES string of the molecule is Cc1cccc(NC(=O)NC(=O)COC(=O)c2ccc(Cl)cc2N)c1C. The summed E-state index contributed by atoms with van der Waals surface area (Å²) < 4.78 is 4.85. The Hall–Kier alpha value is -3.06. The number of imide groups is 1. The number of carbonyl (C=O) groups excluding carboxylic acids is 3. The zero-order chi connectivity index (χ0) is 19.3. The molecular formula is C18H18ClN3O4. The minimum atomic E-state index is -0.788. The van der Waals surface area contributed by atoms with Gasteiger partial charge in [-0.05, 0) is 49.2 Å². The van der Waals surface area contributed by atoms with Crippen molar-refractivity contribution >= 4 is 40.9 Å².